The third-order valence-electron chi connectivity index (χ3n) is 6.86. The highest BCUT2D eigenvalue weighted by Gasteiger charge is 2.35. The zero-order chi connectivity index (χ0) is 22.8. The van der Waals surface area contributed by atoms with E-state index < -0.39 is 9.84 Å². The summed E-state index contributed by atoms with van der Waals surface area (Å²) in [5, 5.41) is 2.00. The second kappa shape index (κ2) is 9.74. The zero-order valence-electron chi connectivity index (χ0n) is 18.8. The van der Waals surface area contributed by atoms with Crippen LogP contribution in [0.1, 0.15) is 22.4 Å². The molecule has 0 radical (unpaired) electrons. The molecule has 7 nitrogen and oxygen atoms in total. The molecule has 3 aliphatic rings. The standard InChI is InChI=1S/C24H31N3O4S2/c28-24(27(16-22-2-1-12-32-22)21-6-13-33(29,30)18-21)17-26-9-7-25(8-10-26)15-19-3-4-23-20(14-19)5-11-31-23/h1-4,12,14,21H,5-11,13,15-18H2. The Kier molecular flexibility index (Phi) is 6.74. The summed E-state index contributed by atoms with van der Waals surface area (Å²) >= 11 is 1.61. The summed E-state index contributed by atoms with van der Waals surface area (Å²) in [7, 11) is -3.05. The minimum Gasteiger partial charge on any atom is -0.493 e. The fraction of sp³-hybridized carbons (Fsp3) is 0.542. The monoisotopic (exact) mass is 489 g/mol. The van der Waals surface area contributed by atoms with Gasteiger partial charge in [-0.15, -0.1) is 11.3 Å². The number of piperazine rings is 1. The van der Waals surface area contributed by atoms with E-state index in [4.69, 9.17) is 4.74 Å². The van der Waals surface area contributed by atoms with Crippen molar-refractivity contribution < 1.29 is 17.9 Å². The fourth-order valence-corrected chi connectivity index (χ4v) is 7.43. The second-order valence-corrected chi connectivity index (χ2v) is 12.5. The Morgan fingerprint density at radius 2 is 1.97 bits per heavy atom. The Balaban J connectivity index is 1.16. The lowest BCUT2D eigenvalue weighted by atomic mass is 10.1. The lowest BCUT2D eigenvalue weighted by Crippen LogP contribution is -2.51. The molecule has 0 saturated carbocycles. The van der Waals surface area contributed by atoms with Crippen molar-refractivity contribution in [3.63, 3.8) is 0 Å². The van der Waals surface area contributed by atoms with Crippen LogP contribution in [0, 0.1) is 0 Å². The minimum absolute atomic E-state index is 0.0394. The topological polar surface area (TPSA) is 70.2 Å². The number of carbonyl (C=O) groups excluding carboxylic acids is 1. The van der Waals surface area contributed by atoms with Crippen molar-refractivity contribution in [1.29, 1.82) is 0 Å². The molecule has 3 aliphatic heterocycles. The van der Waals surface area contributed by atoms with E-state index in [0.717, 1.165) is 56.4 Å². The van der Waals surface area contributed by atoms with Crippen LogP contribution in [0.5, 0.6) is 5.75 Å². The summed E-state index contributed by atoms with van der Waals surface area (Å²) < 4.78 is 29.7. The predicted octanol–water partition coefficient (Wildman–Crippen LogP) is 2.02. The molecule has 0 bridgehead atoms. The molecular formula is C24H31N3O4S2. The normalized spacial score (nSPS) is 22.7. The molecular weight excluding hydrogens is 458 g/mol. The van der Waals surface area contributed by atoms with Crippen molar-refractivity contribution in [3.05, 3.63) is 51.7 Å². The Bertz CT molecular complexity index is 1080. The molecule has 5 rings (SSSR count). The van der Waals surface area contributed by atoms with Gasteiger partial charge in [-0.2, -0.15) is 0 Å². The SMILES string of the molecule is O=C(CN1CCN(Cc2ccc3c(c2)CCO3)CC1)N(Cc1cccs1)C1CCS(=O)(=O)C1. The molecule has 1 atom stereocenters. The van der Waals surface area contributed by atoms with Gasteiger partial charge in [-0.05, 0) is 35.1 Å². The number of hydrogen-bond donors (Lipinski definition) is 0. The van der Waals surface area contributed by atoms with E-state index in [9.17, 15) is 13.2 Å². The Hall–Kier alpha value is -1.94. The predicted molar refractivity (Wildman–Crippen MR) is 129 cm³/mol. The molecule has 2 aromatic rings. The van der Waals surface area contributed by atoms with Crippen molar-refractivity contribution in [2.75, 3.05) is 50.8 Å². The molecule has 178 valence electrons. The molecule has 33 heavy (non-hydrogen) atoms. The van der Waals surface area contributed by atoms with E-state index in [2.05, 4.69) is 28.0 Å². The Labute approximate surface area is 199 Å². The molecule has 0 spiro atoms. The number of amides is 1. The maximum absolute atomic E-state index is 13.3. The van der Waals surface area contributed by atoms with E-state index in [-0.39, 0.29) is 23.5 Å². The molecule has 0 aliphatic carbocycles. The van der Waals surface area contributed by atoms with E-state index in [1.165, 1.54) is 11.1 Å². The van der Waals surface area contributed by atoms with Crippen LogP contribution < -0.4 is 4.74 Å². The fourth-order valence-electron chi connectivity index (χ4n) is 5.00. The van der Waals surface area contributed by atoms with Crippen LogP contribution in [0.25, 0.3) is 0 Å². The minimum atomic E-state index is -3.05. The second-order valence-electron chi connectivity index (χ2n) is 9.25. The number of ether oxygens (including phenoxy) is 1. The summed E-state index contributed by atoms with van der Waals surface area (Å²) in [5.41, 5.74) is 2.62. The third kappa shape index (κ3) is 5.59. The molecule has 1 aromatic carbocycles. The summed E-state index contributed by atoms with van der Waals surface area (Å²) in [5.74, 6) is 1.32. The first-order chi connectivity index (χ1) is 15.9. The van der Waals surface area contributed by atoms with Crippen LogP contribution in [0.3, 0.4) is 0 Å². The summed E-state index contributed by atoms with van der Waals surface area (Å²) in [4.78, 5) is 20.8. The number of nitrogens with zero attached hydrogens (tertiary/aromatic N) is 3. The van der Waals surface area contributed by atoms with Gasteiger partial charge in [0.05, 0.1) is 31.2 Å². The van der Waals surface area contributed by atoms with Crippen LogP contribution in [-0.4, -0.2) is 85.9 Å². The number of fused-ring (bicyclic) bond motifs is 1. The highest BCUT2D eigenvalue weighted by molar-refractivity contribution is 7.91. The van der Waals surface area contributed by atoms with Crippen molar-refractivity contribution in [1.82, 2.24) is 14.7 Å². The maximum Gasteiger partial charge on any atom is 0.237 e. The number of hydrogen-bond acceptors (Lipinski definition) is 7. The smallest absolute Gasteiger partial charge is 0.237 e. The van der Waals surface area contributed by atoms with Crippen LogP contribution in [0.4, 0.5) is 0 Å². The maximum atomic E-state index is 13.3. The highest BCUT2D eigenvalue weighted by Crippen LogP contribution is 2.27. The first-order valence-corrected chi connectivity index (χ1v) is 14.4. The number of rotatable bonds is 7. The first kappa shape index (κ1) is 22.8. The molecule has 2 fully saturated rings. The van der Waals surface area contributed by atoms with Gasteiger partial charge in [0.15, 0.2) is 9.84 Å². The van der Waals surface area contributed by atoms with Gasteiger partial charge in [0.2, 0.25) is 5.91 Å². The van der Waals surface area contributed by atoms with Gasteiger partial charge < -0.3 is 9.64 Å². The lowest BCUT2D eigenvalue weighted by molar-refractivity contribution is -0.135. The molecule has 2 saturated heterocycles. The van der Waals surface area contributed by atoms with Gasteiger partial charge >= 0.3 is 0 Å². The van der Waals surface area contributed by atoms with Crippen LogP contribution in [0.2, 0.25) is 0 Å². The van der Waals surface area contributed by atoms with Crippen molar-refractivity contribution >= 4 is 27.1 Å². The van der Waals surface area contributed by atoms with Crippen LogP contribution in [0.15, 0.2) is 35.7 Å². The Morgan fingerprint density at radius 1 is 1.15 bits per heavy atom. The van der Waals surface area contributed by atoms with Crippen LogP contribution >= 0.6 is 11.3 Å². The van der Waals surface area contributed by atoms with E-state index in [1.54, 1.807) is 11.3 Å². The lowest BCUT2D eigenvalue weighted by Gasteiger charge is -2.36. The van der Waals surface area contributed by atoms with Gasteiger partial charge in [0.25, 0.3) is 0 Å². The quantitative estimate of drug-likeness (QED) is 0.593. The van der Waals surface area contributed by atoms with E-state index in [1.807, 2.05) is 22.4 Å². The van der Waals surface area contributed by atoms with Gasteiger partial charge in [0.1, 0.15) is 5.75 Å². The highest BCUT2D eigenvalue weighted by atomic mass is 32.2. The summed E-state index contributed by atoms with van der Waals surface area (Å²) in [6.07, 6.45) is 1.53. The molecule has 0 N–H and O–H groups in total. The number of sulfone groups is 1. The number of carbonyl (C=O) groups is 1. The van der Waals surface area contributed by atoms with Crippen LogP contribution in [-0.2, 0) is 34.1 Å². The molecule has 1 unspecified atom stereocenters. The van der Waals surface area contributed by atoms with Crippen molar-refractivity contribution in [2.24, 2.45) is 0 Å². The number of benzene rings is 1. The average Bonchev–Trinajstić information content (AvgIpc) is 3.54. The first-order valence-electron chi connectivity index (χ1n) is 11.7. The molecule has 4 heterocycles. The molecule has 9 heteroatoms. The van der Waals surface area contributed by atoms with Gasteiger partial charge in [0, 0.05) is 50.1 Å². The zero-order valence-corrected chi connectivity index (χ0v) is 20.5. The molecule has 1 amide bonds. The summed E-state index contributed by atoms with van der Waals surface area (Å²) in [6, 6.07) is 10.3. The average molecular weight is 490 g/mol. The van der Waals surface area contributed by atoms with Crippen molar-refractivity contribution in [3.8, 4) is 5.75 Å². The Morgan fingerprint density at radius 3 is 2.70 bits per heavy atom. The van der Waals surface area contributed by atoms with Gasteiger partial charge in [-0.3, -0.25) is 14.6 Å². The van der Waals surface area contributed by atoms with Gasteiger partial charge in [-0.1, -0.05) is 18.2 Å². The van der Waals surface area contributed by atoms with E-state index in [0.29, 0.717) is 19.5 Å². The largest absolute Gasteiger partial charge is 0.493 e. The summed E-state index contributed by atoms with van der Waals surface area (Å²) in [6.45, 7) is 6.07. The number of thiophene rings is 1. The third-order valence-corrected chi connectivity index (χ3v) is 9.47. The van der Waals surface area contributed by atoms with Crippen molar-refractivity contribution in [2.45, 2.75) is 32.0 Å². The van der Waals surface area contributed by atoms with Gasteiger partial charge in [-0.25, -0.2) is 8.42 Å². The molecule has 1 aromatic heterocycles. The van der Waals surface area contributed by atoms with E-state index >= 15 is 0 Å².